The maximum atomic E-state index is 13.4. The number of fused-ring (bicyclic) bond motifs is 3. The maximum Gasteiger partial charge on any atom is 0.416 e. The highest BCUT2D eigenvalue weighted by Gasteiger charge is 2.35. The van der Waals surface area contributed by atoms with Crippen LogP contribution in [-0.4, -0.2) is 21.2 Å². The van der Waals surface area contributed by atoms with E-state index in [1.165, 1.54) is 19.2 Å². The molecule has 1 atom stereocenters. The smallest absolute Gasteiger partial charge is 0.416 e. The molecule has 0 bridgehead atoms. The van der Waals surface area contributed by atoms with Crippen LogP contribution in [-0.2, 0) is 15.7 Å². The van der Waals surface area contributed by atoms with E-state index < -0.39 is 23.9 Å². The number of carbonyl (C=O) groups excluding carboxylic acids is 1. The molecule has 1 unspecified atom stereocenters. The normalized spacial score (nSPS) is 20.0. The molecule has 148 valence electrons. The van der Waals surface area contributed by atoms with Gasteiger partial charge in [-0.05, 0) is 31.0 Å². The Kier molecular flexibility index (Phi) is 4.72. The maximum absolute atomic E-state index is 13.4. The van der Waals surface area contributed by atoms with Crippen molar-refractivity contribution in [2.24, 2.45) is 10.9 Å². The SMILES string of the molecule is CC(=O)OC1N=C(C2CCCCC2)c2cc(C(F)(F)F)ccc2-n2ccnc21. The molecule has 0 saturated heterocycles. The van der Waals surface area contributed by atoms with E-state index in [-0.39, 0.29) is 5.92 Å². The summed E-state index contributed by atoms with van der Waals surface area (Å²) in [5.41, 5.74) is 0.843. The van der Waals surface area contributed by atoms with Crippen molar-refractivity contribution >= 4 is 11.7 Å². The van der Waals surface area contributed by atoms with Crippen LogP contribution in [0.2, 0.25) is 0 Å². The molecule has 1 saturated carbocycles. The van der Waals surface area contributed by atoms with Crippen molar-refractivity contribution in [3.8, 4) is 5.69 Å². The second-order valence-corrected chi connectivity index (χ2v) is 7.20. The molecule has 0 spiro atoms. The number of carbonyl (C=O) groups is 1. The molecule has 8 heteroatoms. The van der Waals surface area contributed by atoms with Crippen molar-refractivity contribution in [2.45, 2.75) is 51.4 Å². The number of hydrogen-bond acceptors (Lipinski definition) is 4. The van der Waals surface area contributed by atoms with Crippen molar-refractivity contribution in [3.05, 3.63) is 47.5 Å². The molecule has 5 nitrogen and oxygen atoms in total. The fourth-order valence-corrected chi connectivity index (χ4v) is 4.02. The lowest BCUT2D eigenvalue weighted by molar-refractivity contribution is -0.146. The fourth-order valence-electron chi connectivity index (χ4n) is 4.02. The van der Waals surface area contributed by atoms with Gasteiger partial charge in [-0.3, -0.25) is 9.36 Å². The first kappa shape index (κ1) is 18.7. The minimum absolute atomic E-state index is 0.0265. The first-order chi connectivity index (χ1) is 13.3. The minimum atomic E-state index is -4.45. The van der Waals surface area contributed by atoms with Gasteiger partial charge in [-0.15, -0.1) is 0 Å². The molecule has 0 radical (unpaired) electrons. The monoisotopic (exact) mass is 391 g/mol. The Morgan fingerprint density at radius 3 is 2.64 bits per heavy atom. The number of aromatic nitrogens is 2. The third-order valence-corrected chi connectivity index (χ3v) is 5.28. The Hall–Kier alpha value is -2.64. The van der Waals surface area contributed by atoms with Crippen molar-refractivity contribution in [1.82, 2.24) is 9.55 Å². The molecule has 0 amide bonds. The summed E-state index contributed by atoms with van der Waals surface area (Å²) in [7, 11) is 0. The van der Waals surface area contributed by atoms with Crippen LogP contribution in [0.25, 0.3) is 5.69 Å². The molecule has 1 aromatic heterocycles. The van der Waals surface area contributed by atoms with E-state index in [1.807, 2.05) is 0 Å². The predicted octanol–water partition coefficient (Wildman–Crippen LogP) is 4.84. The van der Waals surface area contributed by atoms with Gasteiger partial charge in [0.2, 0.25) is 0 Å². The van der Waals surface area contributed by atoms with Crippen LogP contribution in [0.1, 0.15) is 62.2 Å². The molecule has 2 aliphatic rings. The summed E-state index contributed by atoms with van der Waals surface area (Å²) >= 11 is 0. The molecule has 28 heavy (non-hydrogen) atoms. The van der Waals surface area contributed by atoms with Crippen molar-refractivity contribution in [1.29, 1.82) is 0 Å². The van der Waals surface area contributed by atoms with Gasteiger partial charge >= 0.3 is 12.1 Å². The number of hydrogen-bond donors (Lipinski definition) is 0. The van der Waals surface area contributed by atoms with Crippen LogP contribution in [0.15, 0.2) is 35.6 Å². The zero-order chi connectivity index (χ0) is 19.9. The second kappa shape index (κ2) is 7.07. The topological polar surface area (TPSA) is 56.5 Å². The van der Waals surface area contributed by atoms with Crippen molar-refractivity contribution < 1.29 is 22.7 Å². The minimum Gasteiger partial charge on any atom is -0.432 e. The van der Waals surface area contributed by atoms with Crippen LogP contribution in [0, 0.1) is 5.92 Å². The third-order valence-electron chi connectivity index (χ3n) is 5.28. The van der Waals surface area contributed by atoms with Gasteiger partial charge in [0.25, 0.3) is 6.23 Å². The highest BCUT2D eigenvalue weighted by atomic mass is 19.4. The molecule has 4 rings (SSSR count). The Bertz CT molecular complexity index is 927. The van der Waals surface area contributed by atoms with E-state index >= 15 is 0 Å². The standard InChI is InChI=1S/C20H20F3N3O2/c1-12(27)28-19-18-24-9-10-26(18)16-8-7-14(20(21,22)23)11-15(16)17(25-19)13-5-3-2-4-6-13/h7-11,13,19H,2-6H2,1H3. The number of aliphatic imine (C=N–C) groups is 1. The summed E-state index contributed by atoms with van der Waals surface area (Å²) < 4.78 is 47.2. The third kappa shape index (κ3) is 3.43. The van der Waals surface area contributed by atoms with Gasteiger partial charge in [-0.2, -0.15) is 13.2 Å². The number of rotatable bonds is 2. The number of esters is 1. The lowest BCUT2D eigenvalue weighted by Crippen LogP contribution is -2.21. The second-order valence-electron chi connectivity index (χ2n) is 7.20. The number of alkyl halides is 3. The van der Waals surface area contributed by atoms with Gasteiger partial charge in [-0.1, -0.05) is 19.3 Å². The van der Waals surface area contributed by atoms with Gasteiger partial charge in [0.15, 0.2) is 5.82 Å². The van der Waals surface area contributed by atoms with Gasteiger partial charge in [0.1, 0.15) is 0 Å². The summed E-state index contributed by atoms with van der Waals surface area (Å²) in [5, 5.41) is 0. The van der Waals surface area contributed by atoms with E-state index in [0.717, 1.165) is 44.2 Å². The van der Waals surface area contributed by atoms with Crippen molar-refractivity contribution in [2.75, 3.05) is 0 Å². The average Bonchev–Trinajstić information content (AvgIpc) is 3.09. The molecule has 2 heterocycles. The molecule has 2 aromatic rings. The number of halogens is 3. The summed E-state index contributed by atoms with van der Waals surface area (Å²) in [5.74, 6) is -0.117. The van der Waals surface area contributed by atoms with Gasteiger partial charge < -0.3 is 4.74 Å². The zero-order valence-corrected chi connectivity index (χ0v) is 15.4. The first-order valence-corrected chi connectivity index (χ1v) is 9.35. The van der Waals surface area contributed by atoms with Crippen LogP contribution in [0.5, 0.6) is 0 Å². The number of nitrogens with zero attached hydrogens (tertiary/aromatic N) is 3. The number of ether oxygens (including phenoxy) is 1. The van der Waals surface area contributed by atoms with Crippen LogP contribution in [0.4, 0.5) is 13.2 Å². The molecule has 1 aliphatic carbocycles. The van der Waals surface area contributed by atoms with E-state index in [1.54, 1.807) is 10.8 Å². The highest BCUT2D eigenvalue weighted by Crippen LogP contribution is 2.38. The van der Waals surface area contributed by atoms with Gasteiger partial charge in [-0.25, -0.2) is 9.98 Å². The molecule has 1 aliphatic heterocycles. The van der Waals surface area contributed by atoms with Crippen LogP contribution >= 0.6 is 0 Å². The van der Waals surface area contributed by atoms with Gasteiger partial charge in [0, 0.05) is 30.8 Å². The average molecular weight is 391 g/mol. The Labute approximate surface area is 160 Å². The fraction of sp³-hybridized carbons (Fsp3) is 0.450. The van der Waals surface area contributed by atoms with Crippen LogP contribution in [0.3, 0.4) is 0 Å². The van der Waals surface area contributed by atoms with Gasteiger partial charge in [0.05, 0.1) is 17.0 Å². The Morgan fingerprint density at radius 2 is 1.96 bits per heavy atom. The van der Waals surface area contributed by atoms with Crippen molar-refractivity contribution in [3.63, 3.8) is 0 Å². The lowest BCUT2D eigenvalue weighted by atomic mass is 9.82. The molecular weight excluding hydrogens is 371 g/mol. The lowest BCUT2D eigenvalue weighted by Gasteiger charge is -2.25. The van der Waals surface area contributed by atoms with E-state index in [4.69, 9.17) is 4.74 Å². The van der Waals surface area contributed by atoms with E-state index in [2.05, 4.69) is 9.98 Å². The Balaban J connectivity index is 1.92. The largest absolute Gasteiger partial charge is 0.432 e. The highest BCUT2D eigenvalue weighted by molar-refractivity contribution is 6.06. The zero-order valence-electron chi connectivity index (χ0n) is 15.4. The summed E-state index contributed by atoms with van der Waals surface area (Å²) in [6.45, 7) is 1.28. The first-order valence-electron chi connectivity index (χ1n) is 9.35. The number of imidazole rings is 1. The Morgan fingerprint density at radius 1 is 1.21 bits per heavy atom. The molecule has 1 fully saturated rings. The van der Waals surface area contributed by atoms with E-state index in [9.17, 15) is 18.0 Å². The predicted molar refractivity (Wildman–Crippen MR) is 96.2 cm³/mol. The quantitative estimate of drug-likeness (QED) is 0.689. The van der Waals surface area contributed by atoms with E-state index in [0.29, 0.717) is 22.8 Å². The molecule has 1 aromatic carbocycles. The summed E-state index contributed by atoms with van der Waals surface area (Å²) in [6, 6.07) is 3.66. The van der Waals surface area contributed by atoms with Crippen LogP contribution < -0.4 is 0 Å². The molecular formula is C20H20F3N3O2. The molecule has 0 N–H and O–H groups in total. The summed E-state index contributed by atoms with van der Waals surface area (Å²) in [6.07, 6.45) is 2.55. The summed E-state index contributed by atoms with van der Waals surface area (Å²) in [4.78, 5) is 20.5. The number of benzene rings is 1.